The van der Waals surface area contributed by atoms with E-state index in [9.17, 15) is 0 Å². The summed E-state index contributed by atoms with van der Waals surface area (Å²) >= 11 is 9.31. The van der Waals surface area contributed by atoms with Crippen molar-refractivity contribution in [3.05, 3.63) is 27.7 Å². The summed E-state index contributed by atoms with van der Waals surface area (Å²) in [6.07, 6.45) is 3.46. The summed E-state index contributed by atoms with van der Waals surface area (Å²) in [5, 5.41) is 4.12. The molecule has 0 radical (unpaired) electrons. The molecule has 0 bridgehead atoms. The number of unbranched alkanes of at least 4 members (excludes halogenated alkanes) is 2. The van der Waals surface area contributed by atoms with Crippen LogP contribution in [0.4, 0.5) is 0 Å². The molecule has 0 unspecified atom stereocenters. The van der Waals surface area contributed by atoms with E-state index in [1.807, 2.05) is 18.2 Å². The molecule has 102 valence electrons. The lowest BCUT2D eigenvalue weighted by Gasteiger charge is -2.09. The lowest BCUT2D eigenvalue weighted by atomic mass is 10.2. The van der Waals surface area contributed by atoms with Crippen LogP contribution in [-0.2, 0) is 0 Å². The van der Waals surface area contributed by atoms with Gasteiger partial charge in [0.2, 0.25) is 0 Å². The molecule has 0 aliphatic rings. The van der Waals surface area contributed by atoms with Gasteiger partial charge in [0.25, 0.3) is 0 Å². The SMILES string of the molecule is CC(C)NCCCCCOc1ccc(Cl)cc1Br. The average molecular weight is 335 g/mol. The standard InChI is InChI=1S/C14H21BrClNO/c1-11(2)17-8-4-3-5-9-18-14-7-6-12(16)10-13(14)15/h6-7,10-11,17H,3-5,8-9H2,1-2H3. The fourth-order valence-corrected chi connectivity index (χ4v) is 2.37. The number of hydrogen-bond acceptors (Lipinski definition) is 2. The summed E-state index contributed by atoms with van der Waals surface area (Å²) in [6.45, 7) is 6.17. The van der Waals surface area contributed by atoms with Gasteiger partial charge in [-0.1, -0.05) is 25.4 Å². The molecule has 1 aromatic rings. The maximum absolute atomic E-state index is 5.87. The molecule has 0 amide bonds. The Bertz CT molecular complexity index is 358. The molecule has 1 N–H and O–H groups in total. The number of nitrogens with one attached hydrogen (secondary N) is 1. The van der Waals surface area contributed by atoms with Crippen molar-refractivity contribution in [1.29, 1.82) is 0 Å². The van der Waals surface area contributed by atoms with Crippen molar-refractivity contribution in [2.75, 3.05) is 13.2 Å². The van der Waals surface area contributed by atoms with Gasteiger partial charge in [-0.05, 0) is 59.9 Å². The van der Waals surface area contributed by atoms with Crippen molar-refractivity contribution in [2.45, 2.75) is 39.2 Å². The lowest BCUT2D eigenvalue weighted by Crippen LogP contribution is -2.23. The minimum absolute atomic E-state index is 0.575. The Morgan fingerprint density at radius 3 is 2.72 bits per heavy atom. The fourth-order valence-electron chi connectivity index (χ4n) is 1.57. The number of rotatable bonds is 8. The van der Waals surface area contributed by atoms with Crippen LogP contribution in [0, 0.1) is 0 Å². The van der Waals surface area contributed by atoms with Crippen LogP contribution >= 0.6 is 27.5 Å². The highest BCUT2D eigenvalue weighted by molar-refractivity contribution is 9.10. The first-order chi connectivity index (χ1) is 8.59. The molecule has 0 aromatic heterocycles. The molecular formula is C14H21BrClNO. The Labute approximate surface area is 123 Å². The minimum Gasteiger partial charge on any atom is -0.492 e. The van der Waals surface area contributed by atoms with Gasteiger partial charge in [0.15, 0.2) is 0 Å². The van der Waals surface area contributed by atoms with Crippen LogP contribution in [0.3, 0.4) is 0 Å². The summed E-state index contributed by atoms with van der Waals surface area (Å²) in [4.78, 5) is 0. The average Bonchev–Trinajstić information content (AvgIpc) is 2.30. The largest absolute Gasteiger partial charge is 0.492 e. The first-order valence-electron chi connectivity index (χ1n) is 6.41. The van der Waals surface area contributed by atoms with Gasteiger partial charge in [-0.25, -0.2) is 0 Å². The van der Waals surface area contributed by atoms with Crippen LogP contribution in [0.15, 0.2) is 22.7 Å². The van der Waals surface area contributed by atoms with Gasteiger partial charge in [0.05, 0.1) is 11.1 Å². The molecule has 0 aliphatic carbocycles. The zero-order chi connectivity index (χ0) is 13.4. The van der Waals surface area contributed by atoms with E-state index in [1.54, 1.807) is 0 Å². The summed E-state index contributed by atoms with van der Waals surface area (Å²) in [5.41, 5.74) is 0. The van der Waals surface area contributed by atoms with Crippen LogP contribution in [-0.4, -0.2) is 19.2 Å². The Kier molecular flexibility index (Phi) is 7.71. The lowest BCUT2D eigenvalue weighted by molar-refractivity contribution is 0.303. The van der Waals surface area contributed by atoms with Gasteiger partial charge in [-0.3, -0.25) is 0 Å². The van der Waals surface area contributed by atoms with Gasteiger partial charge in [0.1, 0.15) is 5.75 Å². The van der Waals surface area contributed by atoms with Crippen LogP contribution in [0.25, 0.3) is 0 Å². The van der Waals surface area contributed by atoms with E-state index in [4.69, 9.17) is 16.3 Å². The van der Waals surface area contributed by atoms with Crippen LogP contribution in [0.1, 0.15) is 33.1 Å². The van der Waals surface area contributed by atoms with E-state index < -0.39 is 0 Å². The van der Waals surface area contributed by atoms with Gasteiger partial charge in [-0.15, -0.1) is 0 Å². The molecule has 0 fully saturated rings. The molecule has 0 atom stereocenters. The Hall–Kier alpha value is -0.250. The zero-order valence-electron chi connectivity index (χ0n) is 11.0. The highest BCUT2D eigenvalue weighted by Gasteiger charge is 2.01. The van der Waals surface area contributed by atoms with Crippen LogP contribution in [0.2, 0.25) is 5.02 Å². The maximum Gasteiger partial charge on any atom is 0.133 e. The number of hydrogen-bond donors (Lipinski definition) is 1. The van der Waals surface area contributed by atoms with Crippen LogP contribution in [0.5, 0.6) is 5.75 Å². The highest BCUT2D eigenvalue weighted by Crippen LogP contribution is 2.28. The Morgan fingerprint density at radius 2 is 2.06 bits per heavy atom. The van der Waals surface area contributed by atoms with Gasteiger partial charge >= 0.3 is 0 Å². The van der Waals surface area contributed by atoms with Crippen molar-refractivity contribution in [1.82, 2.24) is 5.32 Å². The molecule has 0 spiro atoms. The molecule has 2 nitrogen and oxygen atoms in total. The van der Waals surface area contributed by atoms with E-state index in [1.165, 1.54) is 12.8 Å². The second kappa shape index (κ2) is 8.78. The number of halogens is 2. The molecule has 1 aromatic carbocycles. The van der Waals surface area contributed by atoms with Gasteiger partial charge in [-0.2, -0.15) is 0 Å². The third kappa shape index (κ3) is 6.62. The molecule has 1 rings (SSSR count). The molecule has 0 heterocycles. The third-order valence-corrected chi connectivity index (χ3v) is 3.38. The number of ether oxygens (including phenoxy) is 1. The van der Waals surface area contributed by atoms with E-state index in [2.05, 4.69) is 35.1 Å². The number of benzene rings is 1. The van der Waals surface area contributed by atoms with Gasteiger partial charge < -0.3 is 10.1 Å². The monoisotopic (exact) mass is 333 g/mol. The van der Waals surface area contributed by atoms with Crippen molar-refractivity contribution in [2.24, 2.45) is 0 Å². The summed E-state index contributed by atoms with van der Waals surface area (Å²) in [6, 6.07) is 6.16. The quantitative estimate of drug-likeness (QED) is 0.699. The Balaban J connectivity index is 2.11. The van der Waals surface area contributed by atoms with Gasteiger partial charge in [0, 0.05) is 11.1 Å². The van der Waals surface area contributed by atoms with E-state index in [-0.39, 0.29) is 0 Å². The maximum atomic E-state index is 5.87. The summed E-state index contributed by atoms with van der Waals surface area (Å²) in [7, 11) is 0. The second-order valence-electron chi connectivity index (χ2n) is 4.59. The van der Waals surface area contributed by atoms with E-state index in [0.717, 1.165) is 29.8 Å². The normalized spacial score (nSPS) is 10.9. The highest BCUT2D eigenvalue weighted by atomic mass is 79.9. The first kappa shape index (κ1) is 15.8. The zero-order valence-corrected chi connectivity index (χ0v) is 13.4. The fraction of sp³-hybridized carbons (Fsp3) is 0.571. The van der Waals surface area contributed by atoms with E-state index >= 15 is 0 Å². The molecule has 18 heavy (non-hydrogen) atoms. The smallest absolute Gasteiger partial charge is 0.133 e. The summed E-state index contributed by atoms with van der Waals surface area (Å²) in [5.74, 6) is 0.861. The van der Waals surface area contributed by atoms with Crippen molar-refractivity contribution < 1.29 is 4.74 Å². The first-order valence-corrected chi connectivity index (χ1v) is 7.58. The summed E-state index contributed by atoms with van der Waals surface area (Å²) < 4.78 is 6.61. The third-order valence-electron chi connectivity index (χ3n) is 2.53. The topological polar surface area (TPSA) is 21.3 Å². The molecular weight excluding hydrogens is 314 g/mol. The van der Waals surface area contributed by atoms with E-state index in [0.29, 0.717) is 11.1 Å². The Morgan fingerprint density at radius 1 is 1.28 bits per heavy atom. The predicted octanol–water partition coefficient (Wildman–Crippen LogP) is 4.65. The van der Waals surface area contributed by atoms with Crippen molar-refractivity contribution in [3.8, 4) is 5.75 Å². The molecule has 4 heteroatoms. The van der Waals surface area contributed by atoms with Crippen molar-refractivity contribution >= 4 is 27.5 Å². The van der Waals surface area contributed by atoms with Crippen molar-refractivity contribution in [3.63, 3.8) is 0 Å². The minimum atomic E-state index is 0.575. The predicted molar refractivity (Wildman–Crippen MR) is 81.6 cm³/mol. The molecule has 0 aliphatic heterocycles. The van der Waals surface area contributed by atoms with Crippen LogP contribution < -0.4 is 10.1 Å². The molecule has 0 saturated carbocycles. The second-order valence-corrected chi connectivity index (χ2v) is 5.88. The molecule has 0 saturated heterocycles.